The minimum absolute atomic E-state index is 0.249. The number of hydrogen-bond acceptors (Lipinski definition) is 4. The number of pyridine rings is 1. The molecule has 0 saturated carbocycles. The molecule has 0 aliphatic carbocycles. The van der Waals surface area contributed by atoms with Gasteiger partial charge in [-0.3, -0.25) is 4.79 Å². The van der Waals surface area contributed by atoms with Crippen molar-refractivity contribution in [3.05, 3.63) is 108 Å². The van der Waals surface area contributed by atoms with E-state index in [1.807, 2.05) is 24.3 Å². The van der Waals surface area contributed by atoms with Gasteiger partial charge in [0.05, 0.1) is 5.02 Å². The number of benzene rings is 3. The maximum absolute atomic E-state index is 12.6. The van der Waals surface area contributed by atoms with Gasteiger partial charge in [0, 0.05) is 23.5 Å². The molecule has 0 saturated heterocycles. The fourth-order valence-electron chi connectivity index (χ4n) is 2.69. The SMILES string of the molecule is O=C(Nc1ccc(Oc2ccccc2Cl)cc1)c1cccc(Oc2ccccn2)c1. The van der Waals surface area contributed by atoms with E-state index in [9.17, 15) is 4.79 Å². The fourth-order valence-corrected chi connectivity index (χ4v) is 2.87. The van der Waals surface area contributed by atoms with Crippen LogP contribution in [0.5, 0.6) is 23.1 Å². The van der Waals surface area contributed by atoms with E-state index in [2.05, 4.69) is 10.3 Å². The summed E-state index contributed by atoms with van der Waals surface area (Å²) in [4.78, 5) is 16.7. The Balaban J connectivity index is 1.41. The summed E-state index contributed by atoms with van der Waals surface area (Å²) in [5, 5.41) is 3.39. The summed E-state index contributed by atoms with van der Waals surface area (Å²) in [6.07, 6.45) is 1.64. The third-order valence-electron chi connectivity index (χ3n) is 4.13. The lowest BCUT2D eigenvalue weighted by molar-refractivity contribution is 0.102. The van der Waals surface area contributed by atoms with E-state index in [1.165, 1.54) is 0 Å². The third-order valence-corrected chi connectivity index (χ3v) is 4.45. The second-order valence-electron chi connectivity index (χ2n) is 6.31. The molecule has 5 nitrogen and oxygen atoms in total. The molecule has 4 rings (SSSR count). The van der Waals surface area contributed by atoms with Crippen molar-refractivity contribution in [3.63, 3.8) is 0 Å². The zero-order chi connectivity index (χ0) is 20.8. The first-order valence-electron chi connectivity index (χ1n) is 9.20. The molecular formula is C24H17ClN2O3. The van der Waals surface area contributed by atoms with Crippen molar-refractivity contribution in [2.45, 2.75) is 0 Å². The van der Waals surface area contributed by atoms with E-state index < -0.39 is 0 Å². The van der Waals surface area contributed by atoms with Crippen molar-refractivity contribution in [2.75, 3.05) is 5.32 Å². The Morgan fingerprint density at radius 2 is 1.60 bits per heavy atom. The molecular weight excluding hydrogens is 400 g/mol. The second-order valence-corrected chi connectivity index (χ2v) is 6.72. The third kappa shape index (κ3) is 4.96. The number of carbonyl (C=O) groups is 1. The van der Waals surface area contributed by atoms with Gasteiger partial charge >= 0.3 is 0 Å². The van der Waals surface area contributed by atoms with Crippen LogP contribution in [0, 0.1) is 0 Å². The van der Waals surface area contributed by atoms with E-state index in [0.717, 1.165) is 0 Å². The number of carbonyl (C=O) groups excluding carboxylic acids is 1. The number of nitrogens with one attached hydrogen (secondary N) is 1. The Hall–Kier alpha value is -3.83. The molecule has 0 aliphatic heterocycles. The average molecular weight is 417 g/mol. The monoisotopic (exact) mass is 416 g/mol. The van der Waals surface area contributed by atoms with Crippen LogP contribution in [0.25, 0.3) is 0 Å². The molecule has 0 aliphatic rings. The van der Waals surface area contributed by atoms with Crippen LogP contribution in [-0.4, -0.2) is 10.9 Å². The minimum Gasteiger partial charge on any atom is -0.456 e. The Morgan fingerprint density at radius 3 is 2.37 bits per heavy atom. The van der Waals surface area contributed by atoms with Gasteiger partial charge in [0.2, 0.25) is 5.88 Å². The van der Waals surface area contributed by atoms with E-state index in [1.54, 1.807) is 72.9 Å². The number of amides is 1. The van der Waals surface area contributed by atoms with Crippen LogP contribution in [0.4, 0.5) is 5.69 Å². The number of rotatable bonds is 6. The number of aromatic nitrogens is 1. The van der Waals surface area contributed by atoms with Crippen molar-refractivity contribution >= 4 is 23.2 Å². The normalized spacial score (nSPS) is 10.3. The molecule has 4 aromatic rings. The summed E-state index contributed by atoms with van der Waals surface area (Å²) >= 11 is 6.11. The molecule has 148 valence electrons. The van der Waals surface area contributed by atoms with Crippen LogP contribution in [0.3, 0.4) is 0 Å². The van der Waals surface area contributed by atoms with Gasteiger partial charge < -0.3 is 14.8 Å². The first kappa shape index (κ1) is 19.5. The first-order chi connectivity index (χ1) is 14.7. The zero-order valence-electron chi connectivity index (χ0n) is 15.8. The van der Waals surface area contributed by atoms with E-state index in [-0.39, 0.29) is 5.91 Å². The van der Waals surface area contributed by atoms with Crippen molar-refractivity contribution < 1.29 is 14.3 Å². The average Bonchev–Trinajstić information content (AvgIpc) is 2.77. The van der Waals surface area contributed by atoms with Gasteiger partial charge in [0.25, 0.3) is 5.91 Å². The summed E-state index contributed by atoms with van der Waals surface area (Å²) in [7, 11) is 0. The molecule has 0 atom stereocenters. The molecule has 1 N–H and O–H groups in total. The number of halogens is 1. The maximum Gasteiger partial charge on any atom is 0.255 e. The molecule has 0 spiro atoms. The Labute approximate surface area is 178 Å². The number of nitrogens with zero attached hydrogens (tertiary/aromatic N) is 1. The summed E-state index contributed by atoms with van der Waals surface area (Å²) in [6, 6.07) is 26.6. The quantitative estimate of drug-likeness (QED) is 0.386. The van der Waals surface area contributed by atoms with Gasteiger partial charge in [-0.1, -0.05) is 35.9 Å². The topological polar surface area (TPSA) is 60.5 Å². The summed E-state index contributed by atoms with van der Waals surface area (Å²) in [5.41, 5.74) is 1.11. The zero-order valence-corrected chi connectivity index (χ0v) is 16.5. The summed E-state index contributed by atoms with van der Waals surface area (Å²) in [5.74, 6) is 1.93. The lowest BCUT2D eigenvalue weighted by Crippen LogP contribution is -2.11. The van der Waals surface area contributed by atoms with Gasteiger partial charge in [0.1, 0.15) is 17.2 Å². The Kier molecular flexibility index (Phi) is 5.92. The number of hydrogen-bond donors (Lipinski definition) is 1. The van der Waals surface area contributed by atoms with E-state index in [0.29, 0.717) is 39.4 Å². The minimum atomic E-state index is -0.249. The molecule has 30 heavy (non-hydrogen) atoms. The van der Waals surface area contributed by atoms with E-state index in [4.69, 9.17) is 21.1 Å². The fraction of sp³-hybridized carbons (Fsp3) is 0. The molecule has 1 heterocycles. The van der Waals surface area contributed by atoms with Crippen LogP contribution >= 0.6 is 11.6 Å². The number of ether oxygens (including phenoxy) is 2. The smallest absolute Gasteiger partial charge is 0.255 e. The van der Waals surface area contributed by atoms with Crippen molar-refractivity contribution in [1.29, 1.82) is 0 Å². The molecule has 6 heteroatoms. The van der Waals surface area contributed by atoms with Crippen molar-refractivity contribution in [1.82, 2.24) is 4.98 Å². The largest absolute Gasteiger partial charge is 0.456 e. The first-order valence-corrected chi connectivity index (χ1v) is 9.58. The van der Waals surface area contributed by atoms with Gasteiger partial charge in [0.15, 0.2) is 0 Å². The van der Waals surface area contributed by atoms with Gasteiger partial charge in [-0.2, -0.15) is 0 Å². The highest BCUT2D eigenvalue weighted by molar-refractivity contribution is 6.32. The highest BCUT2D eigenvalue weighted by Crippen LogP contribution is 2.29. The molecule has 0 bridgehead atoms. The number of para-hydroxylation sites is 1. The molecule has 1 amide bonds. The summed E-state index contributed by atoms with van der Waals surface area (Å²) in [6.45, 7) is 0. The van der Waals surface area contributed by atoms with Crippen LogP contribution in [0.1, 0.15) is 10.4 Å². The highest BCUT2D eigenvalue weighted by Gasteiger charge is 2.09. The van der Waals surface area contributed by atoms with Gasteiger partial charge in [-0.05, 0) is 60.7 Å². The van der Waals surface area contributed by atoms with Crippen LogP contribution < -0.4 is 14.8 Å². The van der Waals surface area contributed by atoms with Gasteiger partial charge in [-0.25, -0.2) is 4.98 Å². The maximum atomic E-state index is 12.6. The molecule has 0 radical (unpaired) electrons. The standard InChI is InChI=1S/C24H17ClN2O3/c25-21-8-1-2-9-22(21)29-19-13-11-18(12-14-19)27-24(28)17-6-5-7-20(16-17)30-23-10-3-4-15-26-23/h1-16H,(H,27,28). The van der Waals surface area contributed by atoms with Crippen LogP contribution in [0.15, 0.2) is 97.2 Å². The Bertz CT molecular complexity index is 1150. The molecule has 0 unspecified atom stereocenters. The summed E-state index contributed by atoms with van der Waals surface area (Å²) < 4.78 is 11.4. The lowest BCUT2D eigenvalue weighted by Gasteiger charge is -2.10. The van der Waals surface area contributed by atoms with Crippen molar-refractivity contribution in [3.8, 4) is 23.1 Å². The highest BCUT2D eigenvalue weighted by atomic mass is 35.5. The van der Waals surface area contributed by atoms with Crippen molar-refractivity contribution in [2.24, 2.45) is 0 Å². The lowest BCUT2D eigenvalue weighted by atomic mass is 10.2. The Morgan fingerprint density at radius 1 is 0.800 bits per heavy atom. The second kappa shape index (κ2) is 9.11. The predicted molar refractivity (Wildman–Crippen MR) is 117 cm³/mol. The van der Waals surface area contributed by atoms with E-state index >= 15 is 0 Å². The number of anilines is 1. The van der Waals surface area contributed by atoms with Crippen LogP contribution in [0.2, 0.25) is 5.02 Å². The predicted octanol–water partition coefficient (Wildman–Crippen LogP) is 6.57. The molecule has 1 aromatic heterocycles. The molecule has 0 fully saturated rings. The van der Waals surface area contributed by atoms with Crippen LogP contribution in [-0.2, 0) is 0 Å². The van der Waals surface area contributed by atoms with Gasteiger partial charge in [-0.15, -0.1) is 0 Å². The molecule has 3 aromatic carbocycles.